The van der Waals surface area contributed by atoms with Crippen molar-refractivity contribution in [3.05, 3.63) is 179 Å². The van der Waals surface area contributed by atoms with Crippen molar-refractivity contribution in [3.8, 4) is 11.1 Å². The van der Waals surface area contributed by atoms with E-state index < -0.39 is 0 Å². The van der Waals surface area contributed by atoms with Gasteiger partial charge in [0.2, 0.25) is 0 Å². The molecule has 38 heavy (non-hydrogen) atoms. The summed E-state index contributed by atoms with van der Waals surface area (Å²) in [5.41, 5.74) is 15.8. The summed E-state index contributed by atoms with van der Waals surface area (Å²) in [5.74, 6) is 0. The molecular weight excluding hydrogens is 456 g/mol. The predicted molar refractivity (Wildman–Crippen MR) is 161 cm³/mol. The van der Waals surface area contributed by atoms with Gasteiger partial charge in [0.1, 0.15) is 0 Å². The molecule has 0 atom stereocenters. The maximum atomic E-state index is 2.33. The molecule has 0 heteroatoms. The third kappa shape index (κ3) is 3.04. The lowest BCUT2D eigenvalue weighted by atomic mass is 9.89. The van der Waals surface area contributed by atoms with Gasteiger partial charge >= 0.3 is 0 Å². The Morgan fingerprint density at radius 1 is 0.263 bits per heavy atom. The first kappa shape index (κ1) is 21.2. The Balaban J connectivity index is 1.45. The summed E-state index contributed by atoms with van der Waals surface area (Å²) in [6, 6.07) is 53.0. The minimum absolute atomic E-state index is 1.25. The molecule has 176 valence electrons. The van der Waals surface area contributed by atoms with E-state index in [-0.39, 0.29) is 0 Å². The van der Waals surface area contributed by atoms with E-state index in [2.05, 4.69) is 146 Å². The number of hydrogen-bond acceptors (Lipinski definition) is 0. The van der Waals surface area contributed by atoms with Crippen molar-refractivity contribution >= 4 is 33.1 Å². The van der Waals surface area contributed by atoms with Gasteiger partial charge in [0, 0.05) is 0 Å². The Bertz CT molecular complexity index is 1940. The van der Waals surface area contributed by atoms with Crippen molar-refractivity contribution in [3.63, 3.8) is 0 Å². The second kappa shape index (κ2) is 8.30. The molecule has 0 bridgehead atoms. The lowest BCUT2D eigenvalue weighted by Crippen LogP contribution is -1.93. The van der Waals surface area contributed by atoms with Crippen LogP contribution in [0.1, 0.15) is 33.4 Å². The van der Waals surface area contributed by atoms with Gasteiger partial charge in [-0.15, -0.1) is 0 Å². The van der Waals surface area contributed by atoms with E-state index in [0.29, 0.717) is 0 Å². The molecule has 0 spiro atoms. The van der Waals surface area contributed by atoms with Gasteiger partial charge < -0.3 is 0 Å². The van der Waals surface area contributed by atoms with E-state index in [9.17, 15) is 0 Å². The van der Waals surface area contributed by atoms with Crippen molar-refractivity contribution in [2.24, 2.45) is 0 Å². The maximum Gasteiger partial charge on any atom is -0.000741 e. The lowest BCUT2D eigenvalue weighted by molar-refractivity contribution is 1.53. The summed E-state index contributed by atoms with van der Waals surface area (Å²) in [6.07, 6.45) is 0. The molecular formula is C38H24. The minimum atomic E-state index is 1.25. The fourth-order valence-electron chi connectivity index (χ4n) is 6.39. The molecule has 0 saturated carbocycles. The largest absolute Gasteiger partial charge is 0.0622 e. The highest BCUT2D eigenvalue weighted by Gasteiger charge is 2.37. The molecule has 0 N–H and O–H groups in total. The topological polar surface area (TPSA) is 0 Å². The Labute approximate surface area is 222 Å². The number of rotatable bonds is 3. The number of benzene rings is 6. The smallest absolute Gasteiger partial charge is 0.000741 e. The lowest BCUT2D eigenvalue weighted by Gasteiger charge is -2.14. The highest BCUT2D eigenvalue weighted by molar-refractivity contribution is 6.36. The quantitative estimate of drug-likeness (QED) is 0.236. The van der Waals surface area contributed by atoms with E-state index in [1.165, 1.54) is 77.6 Å². The molecule has 0 amide bonds. The van der Waals surface area contributed by atoms with Crippen LogP contribution < -0.4 is 0 Å². The van der Waals surface area contributed by atoms with Crippen LogP contribution in [0, 0.1) is 0 Å². The predicted octanol–water partition coefficient (Wildman–Crippen LogP) is 9.75. The molecule has 0 heterocycles. The number of hydrogen-bond donors (Lipinski definition) is 0. The Morgan fingerprint density at radius 3 is 1.42 bits per heavy atom. The average Bonchev–Trinajstić information content (AvgIpc) is 3.50. The maximum absolute atomic E-state index is 2.33. The first-order valence-electron chi connectivity index (χ1n) is 13.2. The fourth-order valence-corrected chi connectivity index (χ4v) is 6.39. The third-order valence-corrected chi connectivity index (χ3v) is 8.00. The van der Waals surface area contributed by atoms with E-state index in [4.69, 9.17) is 0 Å². The molecule has 0 saturated heterocycles. The van der Waals surface area contributed by atoms with E-state index >= 15 is 0 Å². The summed E-state index contributed by atoms with van der Waals surface area (Å²) in [7, 11) is 0. The first-order valence-corrected chi connectivity index (χ1v) is 13.2. The van der Waals surface area contributed by atoms with Gasteiger partial charge in [-0.25, -0.2) is 0 Å². The van der Waals surface area contributed by atoms with Gasteiger partial charge in [0.05, 0.1) is 0 Å². The third-order valence-electron chi connectivity index (χ3n) is 8.00. The zero-order valence-corrected chi connectivity index (χ0v) is 20.9. The summed E-state index contributed by atoms with van der Waals surface area (Å²) >= 11 is 0. The summed E-state index contributed by atoms with van der Waals surface area (Å²) in [5, 5.41) is 2.55. The number of allylic oxidation sites excluding steroid dienone is 2. The van der Waals surface area contributed by atoms with Gasteiger partial charge in [0.15, 0.2) is 0 Å². The number of fused-ring (bicyclic) bond motifs is 6. The summed E-state index contributed by atoms with van der Waals surface area (Å²) < 4.78 is 0. The zero-order chi connectivity index (χ0) is 25.1. The van der Waals surface area contributed by atoms with Crippen LogP contribution in [-0.4, -0.2) is 0 Å². The van der Waals surface area contributed by atoms with Gasteiger partial charge in [-0.2, -0.15) is 0 Å². The molecule has 6 aromatic rings. The molecule has 0 radical (unpaired) electrons. The zero-order valence-electron chi connectivity index (χ0n) is 20.9. The molecule has 0 aliphatic heterocycles. The fraction of sp³-hybridized carbons (Fsp3) is 0. The summed E-state index contributed by atoms with van der Waals surface area (Å²) in [6.45, 7) is 0. The average molecular weight is 481 g/mol. The molecule has 0 nitrogen and oxygen atoms in total. The van der Waals surface area contributed by atoms with Crippen LogP contribution in [0.15, 0.2) is 146 Å². The van der Waals surface area contributed by atoms with E-state index in [1.54, 1.807) is 0 Å². The second-order valence-electron chi connectivity index (χ2n) is 10.1. The van der Waals surface area contributed by atoms with E-state index in [1.807, 2.05) is 0 Å². The molecule has 0 fully saturated rings. The van der Waals surface area contributed by atoms with Crippen LogP contribution >= 0.6 is 0 Å². The van der Waals surface area contributed by atoms with Crippen molar-refractivity contribution in [2.75, 3.05) is 0 Å². The highest BCUT2D eigenvalue weighted by atomic mass is 14.4. The van der Waals surface area contributed by atoms with Crippen LogP contribution in [0.3, 0.4) is 0 Å². The molecule has 8 rings (SSSR count). The van der Waals surface area contributed by atoms with Gasteiger partial charge in [-0.3, -0.25) is 0 Å². The second-order valence-corrected chi connectivity index (χ2v) is 10.1. The first-order chi connectivity index (χ1) is 18.9. The normalized spacial score (nSPS) is 13.6. The van der Waals surface area contributed by atoms with Crippen molar-refractivity contribution < 1.29 is 0 Å². The highest BCUT2D eigenvalue weighted by Crippen LogP contribution is 2.58. The van der Waals surface area contributed by atoms with Crippen LogP contribution in [0.2, 0.25) is 0 Å². The van der Waals surface area contributed by atoms with Crippen LogP contribution in [0.4, 0.5) is 0 Å². The minimum Gasteiger partial charge on any atom is -0.0622 e. The van der Waals surface area contributed by atoms with Crippen molar-refractivity contribution in [2.45, 2.75) is 0 Å². The van der Waals surface area contributed by atoms with E-state index in [0.717, 1.165) is 0 Å². The monoisotopic (exact) mass is 480 g/mol. The Kier molecular flexibility index (Phi) is 4.62. The van der Waals surface area contributed by atoms with Crippen LogP contribution in [0.25, 0.3) is 44.2 Å². The Morgan fingerprint density at radius 2 is 0.763 bits per heavy atom. The molecule has 0 unspecified atom stereocenters. The van der Waals surface area contributed by atoms with Crippen molar-refractivity contribution in [1.82, 2.24) is 0 Å². The van der Waals surface area contributed by atoms with Crippen LogP contribution in [0.5, 0.6) is 0 Å². The molecule has 2 aliphatic carbocycles. The standard InChI is InChI=1S/C38H24/c1-3-12-25(13-4-1)27-22-23-29-28(24-27)16-11-21-30(29)36-32-18-8-10-20-34(32)37-35(26-14-5-2-6-15-26)31-17-7-9-19-33(31)38(36)37/h1-24H. The van der Waals surface area contributed by atoms with Gasteiger partial charge in [-0.1, -0.05) is 140 Å². The van der Waals surface area contributed by atoms with Crippen LogP contribution in [-0.2, 0) is 0 Å². The van der Waals surface area contributed by atoms with Gasteiger partial charge in [-0.05, 0) is 83.6 Å². The molecule has 6 aromatic carbocycles. The Hall–Kier alpha value is -4.94. The SMILES string of the molecule is c1ccc(C2=C3C(=C(c4cccc5cc(-c6ccccc6)ccc45)c4ccccc43)c3ccccc32)cc1. The molecule has 2 aliphatic rings. The van der Waals surface area contributed by atoms with Crippen molar-refractivity contribution in [1.29, 1.82) is 0 Å². The summed E-state index contributed by atoms with van der Waals surface area (Å²) in [4.78, 5) is 0. The molecule has 0 aromatic heterocycles. The van der Waals surface area contributed by atoms with Gasteiger partial charge in [0.25, 0.3) is 0 Å².